The number of nitrogens with one attached hydrogen (secondary N) is 2. The summed E-state index contributed by atoms with van der Waals surface area (Å²) in [6, 6.07) is 16.1. The minimum atomic E-state index is -1.84. The number of alkyl halides is 3. The highest BCUT2D eigenvalue weighted by atomic mass is 35.6. The van der Waals surface area contributed by atoms with Crippen molar-refractivity contribution in [1.29, 1.82) is 0 Å². The van der Waals surface area contributed by atoms with Gasteiger partial charge < -0.3 is 9.73 Å². The van der Waals surface area contributed by atoms with E-state index in [1.807, 2.05) is 31.2 Å². The van der Waals surface area contributed by atoms with Gasteiger partial charge in [-0.05, 0) is 24.6 Å². The lowest BCUT2D eigenvalue weighted by molar-refractivity contribution is 0.0925. The topological polar surface area (TPSA) is 71.3 Å². The number of fused-ring (bicyclic) bond motifs is 1. The highest BCUT2D eigenvalue weighted by Crippen LogP contribution is 2.29. The smallest absolute Gasteiger partial charge is 0.349 e. The molecule has 0 aliphatic rings. The lowest BCUT2D eigenvalue weighted by atomic mass is 10.1. The molecule has 0 aliphatic carbocycles. The fourth-order valence-electron chi connectivity index (χ4n) is 2.60. The van der Waals surface area contributed by atoms with Crippen LogP contribution in [0.15, 0.2) is 63.8 Å². The number of benzene rings is 2. The summed E-state index contributed by atoms with van der Waals surface area (Å²) < 4.78 is 3.35. The Hall–Kier alpha value is -2.05. The predicted octanol–water partition coefficient (Wildman–Crippen LogP) is 4.32. The largest absolute Gasteiger partial charge is 0.422 e. The van der Waals surface area contributed by atoms with Gasteiger partial charge in [0.15, 0.2) is 0 Å². The number of halogens is 3. The third-order valence-electron chi connectivity index (χ3n) is 4.12. The molecule has 0 fully saturated rings. The second kappa shape index (κ2) is 8.53. The van der Waals surface area contributed by atoms with Crippen LogP contribution in [-0.4, -0.2) is 15.9 Å². The van der Waals surface area contributed by atoms with Crippen LogP contribution >= 0.6 is 34.8 Å². The molecule has 146 valence electrons. The summed E-state index contributed by atoms with van der Waals surface area (Å²) in [5.41, 5.74) is 1.52. The molecule has 1 heterocycles. The van der Waals surface area contributed by atoms with Gasteiger partial charge in [0.2, 0.25) is 3.79 Å². The zero-order chi connectivity index (χ0) is 20.3. The summed E-state index contributed by atoms with van der Waals surface area (Å²) in [4.78, 5) is 24.8. The van der Waals surface area contributed by atoms with Gasteiger partial charge in [-0.1, -0.05) is 82.8 Å². The van der Waals surface area contributed by atoms with Gasteiger partial charge in [-0.15, -0.1) is 0 Å². The molecule has 28 heavy (non-hydrogen) atoms. The normalized spacial score (nSPS) is 12.7. The fraction of sp³-hybridized carbons (Fsp3) is 0.200. The Morgan fingerprint density at radius 1 is 1.11 bits per heavy atom. The lowest BCUT2D eigenvalue weighted by Gasteiger charge is -2.26. The van der Waals surface area contributed by atoms with Crippen molar-refractivity contribution in [3.8, 4) is 0 Å². The molecule has 2 aromatic carbocycles. The fourth-order valence-corrected chi connectivity index (χ4v) is 3.00. The van der Waals surface area contributed by atoms with Crippen LogP contribution < -0.4 is 16.3 Å². The molecule has 0 bridgehead atoms. The predicted molar refractivity (Wildman–Crippen MR) is 112 cm³/mol. The molecule has 0 aliphatic heterocycles. The first kappa shape index (κ1) is 20.7. The van der Waals surface area contributed by atoms with Gasteiger partial charge in [0.05, 0.1) is 0 Å². The number of rotatable bonds is 5. The monoisotopic (exact) mass is 438 g/mol. The SMILES string of the molecule is Cc1ccc(CNC(NC(=O)c2cc3ccccc3oc2=O)C(Cl)(Cl)Cl)cc1. The van der Waals surface area contributed by atoms with Gasteiger partial charge in [-0.3, -0.25) is 10.1 Å². The quantitative estimate of drug-likeness (QED) is 0.353. The number of aryl methyl sites for hydroxylation is 1. The number of amides is 1. The van der Waals surface area contributed by atoms with Crippen molar-refractivity contribution in [1.82, 2.24) is 10.6 Å². The molecule has 3 rings (SSSR count). The first-order valence-corrected chi connectivity index (χ1v) is 9.57. The third-order valence-corrected chi connectivity index (χ3v) is 4.77. The summed E-state index contributed by atoms with van der Waals surface area (Å²) in [5, 5.41) is 6.16. The lowest BCUT2D eigenvalue weighted by Crippen LogP contribution is -2.53. The van der Waals surface area contributed by atoms with E-state index in [0.29, 0.717) is 17.5 Å². The molecule has 0 spiro atoms. The van der Waals surface area contributed by atoms with Gasteiger partial charge >= 0.3 is 5.63 Å². The zero-order valence-corrected chi connectivity index (χ0v) is 17.1. The maximum atomic E-state index is 12.6. The van der Waals surface area contributed by atoms with Crippen LogP contribution in [0, 0.1) is 6.92 Å². The van der Waals surface area contributed by atoms with E-state index in [4.69, 9.17) is 39.2 Å². The van der Waals surface area contributed by atoms with E-state index < -0.39 is 21.5 Å². The van der Waals surface area contributed by atoms with Crippen molar-refractivity contribution in [2.75, 3.05) is 0 Å². The standard InChI is InChI=1S/C20H17Cl3N2O3/c1-12-6-8-13(9-7-12)11-24-19(20(21,22)23)25-17(26)15-10-14-4-2-3-5-16(14)28-18(15)27/h2-10,19,24H,11H2,1H3,(H,25,26). The van der Waals surface area contributed by atoms with Crippen molar-refractivity contribution in [3.05, 3.63) is 81.7 Å². The van der Waals surface area contributed by atoms with Crippen LogP contribution in [0.5, 0.6) is 0 Å². The van der Waals surface area contributed by atoms with Crippen LogP contribution in [0.1, 0.15) is 21.5 Å². The molecule has 1 amide bonds. The van der Waals surface area contributed by atoms with Gasteiger partial charge in [-0.2, -0.15) is 0 Å². The second-order valence-corrected chi connectivity index (χ2v) is 8.67. The molecule has 0 saturated heterocycles. The van der Waals surface area contributed by atoms with Crippen LogP contribution in [0.3, 0.4) is 0 Å². The molecule has 1 unspecified atom stereocenters. The molecule has 1 atom stereocenters. The number of para-hydroxylation sites is 1. The van der Waals surface area contributed by atoms with Crippen LogP contribution in [0.4, 0.5) is 0 Å². The van der Waals surface area contributed by atoms with Crippen molar-refractivity contribution in [3.63, 3.8) is 0 Å². The van der Waals surface area contributed by atoms with Crippen molar-refractivity contribution in [2.45, 2.75) is 23.4 Å². The molecule has 0 radical (unpaired) electrons. The van der Waals surface area contributed by atoms with Gasteiger partial charge in [-0.25, -0.2) is 4.79 Å². The van der Waals surface area contributed by atoms with Gasteiger partial charge in [0.25, 0.3) is 5.91 Å². The summed E-state index contributed by atoms with van der Waals surface area (Å²) >= 11 is 18.0. The molecular formula is C20H17Cl3N2O3. The van der Waals surface area contributed by atoms with Crippen molar-refractivity contribution < 1.29 is 9.21 Å². The number of hydrogen-bond acceptors (Lipinski definition) is 4. The molecular weight excluding hydrogens is 423 g/mol. The molecule has 3 aromatic rings. The Kier molecular flexibility index (Phi) is 6.30. The van der Waals surface area contributed by atoms with E-state index in [2.05, 4.69) is 10.6 Å². The molecule has 8 heteroatoms. The van der Waals surface area contributed by atoms with Crippen molar-refractivity contribution in [2.24, 2.45) is 0 Å². The summed E-state index contributed by atoms with van der Waals surface area (Å²) in [6.45, 7) is 2.34. The number of carbonyl (C=O) groups excluding carboxylic acids is 1. The second-order valence-electron chi connectivity index (χ2n) is 6.30. The zero-order valence-electron chi connectivity index (χ0n) is 14.8. The Labute approximate surface area is 176 Å². The van der Waals surface area contributed by atoms with E-state index in [9.17, 15) is 9.59 Å². The van der Waals surface area contributed by atoms with E-state index >= 15 is 0 Å². The molecule has 5 nitrogen and oxygen atoms in total. The highest BCUT2D eigenvalue weighted by Gasteiger charge is 2.34. The van der Waals surface area contributed by atoms with Crippen molar-refractivity contribution >= 4 is 51.7 Å². The van der Waals surface area contributed by atoms with Gasteiger partial charge in [0.1, 0.15) is 17.3 Å². The summed E-state index contributed by atoms with van der Waals surface area (Å²) in [7, 11) is 0. The average molecular weight is 440 g/mol. The first-order valence-electron chi connectivity index (χ1n) is 8.43. The summed E-state index contributed by atoms with van der Waals surface area (Å²) in [6.07, 6.45) is -1.03. The third kappa shape index (κ3) is 5.06. The Morgan fingerprint density at radius 2 is 1.79 bits per heavy atom. The van der Waals surface area contributed by atoms with E-state index in [-0.39, 0.29) is 5.56 Å². The van der Waals surface area contributed by atoms with Crippen LogP contribution in [-0.2, 0) is 6.54 Å². The maximum Gasteiger partial charge on any atom is 0.349 e. The van der Waals surface area contributed by atoms with E-state index in [1.54, 1.807) is 24.3 Å². The Morgan fingerprint density at radius 3 is 2.46 bits per heavy atom. The molecule has 1 aromatic heterocycles. The van der Waals surface area contributed by atoms with E-state index in [0.717, 1.165) is 11.1 Å². The maximum absolute atomic E-state index is 12.6. The van der Waals surface area contributed by atoms with Crippen LogP contribution in [0.25, 0.3) is 11.0 Å². The minimum Gasteiger partial charge on any atom is -0.422 e. The van der Waals surface area contributed by atoms with E-state index in [1.165, 1.54) is 6.07 Å². The Balaban J connectivity index is 1.79. The first-order chi connectivity index (χ1) is 13.2. The summed E-state index contributed by atoms with van der Waals surface area (Å²) in [5.74, 6) is -0.702. The highest BCUT2D eigenvalue weighted by molar-refractivity contribution is 6.68. The Bertz CT molecular complexity index is 1040. The number of carbonyl (C=O) groups is 1. The van der Waals surface area contributed by atoms with Crippen LogP contribution in [0.2, 0.25) is 0 Å². The average Bonchev–Trinajstić information content (AvgIpc) is 2.64. The number of hydrogen-bond donors (Lipinski definition) is 2. The van der Waals surface area contributed by atoms with Gasteiger partial charge in [0, 0.05) is 11.9 Å². The molecule has 0 saturated carbocycles. The minimum absolute atomic E-state index is 0.171. The molecule has 2 N–H and O–H groups in total.